The first kappa shape index (κ1) is 14.3. The average molecular weight is 311 g/mol. The Balaban J connectivity index is 1.56. The Labute approximate surface area is 135 Å². The Morgan fingerprint density at radius 2 is 2.09 bits per heavy atom. The van der Waals surface area contributed by atoms with Gasteiger partial charge in [-0.25, -0.2) is 0 Å². The summed E-state index contributed by atoms with van der Waals surface area (Å²) in [6, 6.07) is 8.00. The van der Waals surface area contributed by atoms with Crippen molar-refractivity contribution in [1.82, 2.24) is 15.2 Å². The molecule has 0 spiro atoms. The minimum atomic E-state index is -0.0655. The van der Waals surface area contributed by atoms with Crippen LogP contribution in [0.2, 0.25) is 0 Å². The van der Waals surface area contributed by atoms with Gasteiger partial charge in [-0.1, -0.05) is 0 Å². The third kappa shape index (κ3) is 2.97. The number of nitrogens with zero attached hydrogens (tertiary/aromatic N) is 2. The summed E-state index contributed by atoms with van der Waals surface area (Å²) in [5.41, 5.74) is 1.95. The van der Waals surface area contributed by atoms with E-state index < -0.39 is 0 Å². The number of hydrogen-bond acceptors (Lipinski definition) is 5. The van der Waals surface area contributed by atoms with Crippen LogP contribution >= 0.6 is 0 Å². The van der Waals surface area contributed by atoms with Gasteiger partial charge in [0.15, 0.2) is 17.6 Å². The van der Waals surface area contributed by atoms with Crippen LogP contribution in [-0.2, 0) is 0 Å². The molecule has 1 aromatic carbocycles. The lowest BCUT2D eigenvalue weighted by atomic mass is 10.1. The molecule has 0 aliphatic carbocycles. The number of aromatic nitrogens is 1. The molecule has 2 aliphatic heterocycles. The van der Waals surface area contributed by atoms with Gasteiger partial charge in [-0.2, -0.15) is 0 Å². The predicted octanol–water partition coefficient (Wildman–Crippen LogP) is 2.10. The van der Waals surface area contributed by atoms with Gasteiger partial charge in [-0.3, -0.25) is 4.98 Å². The second kappa shape index (κ2) is 6.08. The molecular formula is C18H21N3O2. The molecule has 1 atom stereocenters. The van der Waals surface area contributed by atoms with Crippen LogP contribution in [0.25, 0.3) is 10.9 Å². The molecule has 4 rings (SSSR count). The molecule has 0 amide bonds. The molecule has 120 valence electrons. The van der Waals surface area contributed by atoms with E-state index in [4.69, 9.17) is 9.47 Å². The van der Waals surface area contributed by atoms with Crippen molar-refractivity contribution >= 4 is 10.9 Å². The first-order chi connectivity index (χ1) is 11.3. The van der Waals surface area contributed by atoms with Crippen molar-refractivity contribution in [3.63, 3.8) is 0 Å². The lowest BCUT2D eigenvalue weighted by Crippen LogP contribution is -2.40. The fourth-order valence-electron chi connectivity index (χ4n) is 3.00. The van der Waals surface area contributed by atoms with E-state index in [0.29, 0.717) is 6.61 Å². The van der Waals surface area contributed by atoms with Crippen LogP contribution in [0, 0.1) is 6.92 Å². The average Bonchev–Trinajstić information content (AvgIpc) is 2.60. The summed E-state index contributed by atoms with van der Waals surface area (Å²) in [5, 5.41) is 4.36. The molecule has 1 aromatic heterocycles. The summed E-state index contributed by atoms with van der Waals surface area (Å²) in [4.78, 5) is 6.87. The van der Waals surface area contributed by atoms with E-state index in [1.54, 1.807) is 0 Å². The molecule has 2 aliphatic rings. The van der Waals surface area contributed by atoms with Crippen LogP contribution in [0.5, 0.6) is 11.5 Å². The lowest BCUT2D eigenvalue weighted by Gasteiger charge is -2.28. The van der Waals surface area contributed by atoms with Crippen LogP contribution in [0.15, 0.2) is 36.5 Å². The highest BCUT2D eigenvalue weighted by molar-refractivity contribution is 5.88. The normalized spacial score (nSPS) is 21.1. The summed E-state index contributed by atoms with van der Waals surface area (Å²) in [5.74, 6) is 1.60. The molecule has 2 aromatic rings. The Bertz CT molecular complexity index is 738. The van der Waals surface area contributed by atoms with Crippen LogP contribution in [0.3, 0.4) is 0 Å². The summed E-state index contributed by atoms with van der Waals surface area (Å²) < 4.78 is 12.1. The second-order valence-electron chi connectivity index (χ2n) is 6.01. The van der Waals surface area contributed by atoms with Crippen molar-refractivity contribution < 1.29 is 9.47 Å². The Morgan fingerprint density at radius 3 is 2.96 bits per heavy atom. The van der Waals surface area contributed by atoms with E-state index in [2.05, 4.69) is 33.5 Å². The number of hydrogen-bond donors (Lipinski definition) is 1. The topological polar surface area (TPSA) is 46.6 Å². The summed E-state index contributed by atoms with van der Waals surface area (Å²) in [6.45, 7) is 6.67. The first-order valence-corrected chi connectivity index (χ1v) is 8.12. The maximum atomic E-state index is 6.18. The first-order valence-electron chi connectivity index (χ1n) is 8.12. The van der Waals surface area contributed by atoms with Crippen molar-refractivity contribution in [3.05, 3.63) is 42.2 Å². The molecular weight excluding hydrogens is 290 g/mol. The molecule has 1 unspecified atom stereocenters. The van der Waals surface area contributed by atoms with Crippen LogP contribution in [0.4, 0.5) is 0 Å². The van der Waals surface area contributed by atoms with Crippen LogP contribution in [-0.4, -0.2) is 48.8 Å². The maximum absolute atomic E-state index is 6.18. The van der Waals surface area contributed by atoms with Crippen LogP contribution < -0.4 is 14.8 Å². The molecule has 0 radical (unpaired) electrons. The van der Waals surface area contributed by atoms with Crippen molar-refractivity contribution in [1.29, 1.82) is 0 Å². The van der Waals surface area contributed by atoms with Gasteiger partial charge in [-0.15, -0.1) is 0 Å². The molecule has 1 saturated heterocycles. The zero-order valence-electron chi connectivity index (χ0n) is 13.3. The molecule has 5 nitrogen and oxygen atoms in total. The minimum absolute atomic E-state index is 0.0655. The van der Waals surface area contributed by atoms with E-state index in [-0.39, 0.29) is 6.10 Å². The third-order valence-corrected chi connectivity index (χ3v) is 4.26. The SMILES string of the molecule is Cc1ccc2c3c(ccc2n1)OCC(/C=C/N1CCNCC1)O3. The van der Waals surface area contributed by atoms with Gasteiger partial charge in [0, 0.05) is 37.3 Å². The molecule has 5 heteroatoms. The number of fused-ring (bicyclic) bond motifs is 3. The maximum Gasteiger partial charge on any atom is 0.171 e. The van der Waals surface area contributed by atoms with E-state index in [1.165, 1.54) is 0 Å². The number of piperazine rings is 1. The smallest absolute Gasteiger partial charge is 0.171 e. The fraction of sp³-hybridized carbons (Fsp3) is 0.389. The van der Waals surface area contributed by atoms with Gasteiger partial charge in [0.1, 0.15) is 6.61 Å². The van der Waals surface area contributed by atoms with E-state index in [1.807, 2.05) is 25.1 Å². The lowest BCUT2D eigenvalue weighted by molar-refractivity contribution is 0.124. The highest BCUT2D eigenvalue weighted by Gasteiger charge is 2.22. The van der Waals surface area contributed by atoms with Gasteiger partial charge < -0.3 is 19.7 Å². The molecule has 0 bridgehead atoms. The monoisotopic (exact) mass is 311 g/mol. The summed E-state index contributed by atoms with van der Waals surface area (Å²) in [7, 11) is 0. The molecule has 23 heavy (non-hydrogen) atoms. The van der Waals surface area contributed by atoms with Crippen molar-refractivity contribution in [3.8, 4) is 11.5 Å². The standard InChI is InChI=1S/C18H21N3O2/c1-13-2-3-15-16(20-13)4-5-17-18(15)23-14(12-22-17)6-9-21-10-7-19-8-11-21/h2-6,9,14,19H,7-8,10-12H2,1H3/b9-6+. The highest BCUT2D eigenvalue weighted by atomic mass is 16.6. The van der Waals surface area contributed by atoms with E-state index in [0.717, 1.165) is 54.3 Å². The Hall–Kier alpha value is -2.27. The van der Waals surface area contributed by atoms with Crippen LogP contribution in [0.1, 0.15) is 5.69 Å². The largest absolute Gasteiger partial charge is 0.485 e. The fourth-order valence-corrected chi connectivity index (χ4v) is 3.00. The number of rotatable bonds is 2. The number of nitrogens with one attached hydrogen (secondary N) is 1. The van der Waals surface area contributed by atoms with E-state index >= 15 is 0 Å². The third-order valence-electron chi connectivity index (χ3n) is 4.26. The number of aryl methyl sites for hydroxylation is 1. The molecule has 3 heterocycles. The van der Waals surface area contributed by atoms with Gasteiger partial charge in [0.25, 0.3) is 0 Å². The zero-order chi connectivity index (χ0) is 15.6. The minimum Gasteiger partial charge on any atom is -0.485 e. The molecule has 1 N–H and O–H groups in total. The molecule has 1 fully saturated rings. The summed E-state index contributed by atoms with van der Waals surface area (Å²) in [6.07, 6.45) is 4.16. The van der Waals surface area contributed by atoms with Gasteiger partial charge >= 0.3 is 0 Å². The Kier molecular flexibility index (Phi) is 3.79. The van der Waals surface area contributed by atoms with Gasteiger partial charge in [0.2, 0.25) is 0 Å². The number of ether oxygens (including phenoxy) is 2. The summed E-state index contributed by atoms with van der Waals surface area (Å²) >= 11 is 0. The zero-order valence-corrected chi connectivity index (χ0v) is 13.3. The Morgan fingerprint density at radius 1 is 1.22 bits per heavy atom. The van der Waals surface area contributed by atoms with Gasteiger partial charge in [-0.05, 0) is 43.5 Å². The van der Waals surface area contributed by atoms with Crippen molar-refractivity contribution in [2.75, 3.05) is 32.8 Å². The number of pyridine rings is 1. The second-order valence-corrected chi connectivity index (χ2v) is 6.01. The molecule has 0 saturated carbocycles. The number of benzene rings is 1. The van der Waals surface area contributed by atoms with Crippen molar-refractivity contribution in [2.24, 2.45) is 0 Å². The van der Waals surface area contributed by atoms with E-state index in [9.17, 15) is 0 Å². The highest BCUT2D eigenvalue weighted by Crippen LogP contribution is 2.38. The quantitative estimate of drug-likeness (QED) is 0.920. The predicted molar refractivity (Wildman–Crippen MR) is 90.0 cm³/mol. The van der Waals surface area contributed by atoms with Gasteiger partial charge in [0.05, 0.1) is 5.52 Å². The van der Waals surface area contributed by atoms with Crippen molar-refractivity contribution in [2.45, 2.75) is 13.0 Å².